The van der Waals surface area contributed by atoms with Gasteiger partial charge in [-0.3, -0.25) is 4.79 Å². The highest BCUT2D eigenvalue weighted by Crippen LogP contribution is 2.50. The first-order chi connectivity index (χ1) is 9.74. The third kappa shape index (κ3) is 2.31. The van der Waals surface area contributed by atoms with E-state index < -0.39 is 0 Å². The number of ether oxygens (including phenoxy) is 2. The van der Waals surface area contributed by atoms with Crippen molar-refractivity contribution in [1.29, 1.82) is 0 Å². The Morgan fingerprint density at radius 2 is 2.00 bits per heavy atom. The number of rotatable bonds is 5. The van der Waals surface area contributed by atoms with Crippen molar-refractivity contribution in [3.05, 3.63) is 46.2 Å². The number of carbonyl (C=O) groups is 1. The van der Waals surface area contributed by atoms with Crippen molar-refractivity contribution in [3.63, 3.8) is 0 Å². The van der Waals surface area contributed by atoms with Crippen LogP contribution in [0.1, 0.15) is 27.6 Å². The number of Topliss-reactive ketones (excluding diaryl/α,β-unsaturated/α-hetero) is 1. The highest BCUT2D eigenvalue weighted by molar-refractivity contribution is 7.10. The van der Waals surface area contributed by atoms with Crippen molar-refractivity contribution in [2.75, 3.05) is 14.2 Å². The summed E-state index contributed by atoms with van der Waals surface area (Å²) in [5.74, 6) is 1.97. The van der Waals surface area contributed by atoms with Gasteiger partial charge in [-0.2, -0.15) is 0 Å². The van der Waals surface area contributed by atoms with Crippen molar-refractivity contribution in [3.8, 4) is 11.5 Å². The summed E-state index contributed by atoms with van der Waals surface area (Å²) in [6.45, 7) is 0. The molecule has 1 aliphatic carbocycles. The Hall–Kier alpha value is -1.81. The molecule has 0 radical (unpaired) electrons. The number of ketones is 1. The Kier molecular flexibility index (Phi) is 3.49. The largest absolute Gasteiger partial charge is 0.493 e. The zero-order valence-corrected chi connectivity index (χ0v) is 12.3. The minimum atomic E-state index is 0.117. The van der Waals surface area contributed by atoms with Gasteiger partial charge in [0.2, 0.25) is 0 Å². The molecule has 3 nitrogen and oxygen atoms in total. The quantitative estimate of drug-likeness (QED) is 0.786. The Labute approximate surface area is 122 Å². The Morgan fingerprint density at radius 3 is 2.65 bits per heavy atom. The molecule has 0 N–H and O–H groups in total. The van der Waals surface area contributed by atoms with E-state index >= 15 is 0 Å². The van der Waals surface area contributed by atoms with Gasteiger partial charge < -0.3 is 9.47 Å². The van der Waals surface area contributed by atoms with E-state index in [1.165, 1.54) is 4.88 Å². The summed E-state index contributed by atoms with van der Waals surface area (Å²) in [7, 11) is 3.17. The fraction of sp³-hybridized carbons (Fsp3) is 0.312. The van der Waals surface area contributed by atoms with Crippen LogP contribution in [0.4, 0.5) is 0 Å². The van der Waals surface area contributed by atoms with Gasteiger partial charge in [-0.05, 0) is 36.1 Å². The predicted octanol–water partition coefficient (Wildman–Crippen LogP) is 3.75. The summed E-state index contributed by atoms with van der Waals surface area (Å²) < 4.78 is 10.4. The van der Waals surface area contributed by atoms with Crippen LogP contribution in [0, 0.1) is 5.92 Å². The van der Waals surface area contributed by atoms with E-state index in [0.29, 0.717) is 23.0 Å². The smallest absolute Gasteiger partial charge is 0.166 e. The Balaban J connectivity index is 1.79. The molecule has 104 valence electrons. The van der Waals surface area contributed by atoms with Crippen LogP contribution < -0.4 is 9.47 Å². The van der Waals surface area contributed by atoms with Gasteiger partial charge >= 0.3 is 0 Å². The first-order valence-corrected chi connectivity index (χ1v) is 7.42. The van der Waals surface area contributed by atoms with Crippen LogP contribution in [-0.2, 0) is 0 Å². The average Bonchev–Trinajstić information content (AvgIpc) is 3.10. The monoisotopic (exact) mass is 288 g/mol. The molecule has 1 aromatic heterocycles. The summed E-state index contributed by atoms with van der Waals surface area (Å²) >= 11 is 1.73. The van der Waals surface area contributed by atoms with Gasteiger partial charge in [0.15, 0.2) is 17.3 Å². The molecule has 1 heterocycles. The van der Waals surface area contributed by atoms with E-state index in [-0.39, 0.29) is 11.7 Å². The zero-order valence-electron chi connectivity index (χ0n) is 11.5. The standard InChI is InChI=1S/C16H16O3S/c1-18-13-6-5-10(8-14(13)19-2)16(17)12-9-11(12)15-4-3-7-20-15/h3-8,11-12H,9H2,1-2H3. The van der Waals surface area contributed by atoms with Crippen molar-refractivity contribution >= 4 is 17.1 Å². The first-order valence-electron chi connectivity index (χ1n) is 6.54. The van der Waals surface area contributed by atoms with Crippen LogP contribution >= 0.6 is 11.3 Å². The third-order valence-electron chi connectivity index (χ3n) is 3.70. The lowest BCUT2D eigenvalue weighted by molar-refractivity contribution is 0.0965. The van der Waals surface area contributed by atoms with E-state index in [9.17, 15) is 4.79 Å². The third-order valence-corrected chi connectivity index (χ3v) is 4.71. The molecule has 1 aliphatic rings. The van der Waals surface area contributed by atoms with Crippen molar-refractivity contribution in [2.45, 2.75) is 12.3 Å². The molecule has 0 amide bonds. The van der Waals surface area contributed by atoms with E-state index in [2.05, 4.69) is 11.4 Å². The molecule has 2 unspecified atom stereocenters. The zero-order chi connectivity index (χ0) is 14.1. The maximum Gasteiger partial charge on any atom is 0.166 e. The molecule has 0 bridgehead atoms. The molecular weight excluding hydrogens is 272 g/mol. The highest BCUT2D eigenvalue weighted by Gasteiger charge is 2.44. The number of thiophene rings is 1. The first kappa shape index (κ1) is 13.2. The van der Waals surface area contributed by atoms with Gasteiger partial charge in [-0.25, -0.2) is 0 Å². The Morgan fingerprint density at radius 1 is 1.20 bits per heavy atom. The van der Waals surface area contributed by atoms with E-state index in [4.69, 9.17) is 9.47 Å². The SMILES string of the molecule is COc1ccc(C(=O)C2CC2c2cccs2)cc1OC. The van der Waals surface area contributed by atoms with Crippen LogP contribution in [0.3, 0.4) is 0 Å². The summed E-state index contributed by atoms with van der Waals surface area (Å²) in [5.41, 5.74) is 0.701. The maximum absolute atomic E-state index is 12.5. The molecule has 20 heavy (non-hydrogen) atoms. The molecular formula is C16H16O3S. The summed E-state index contributed by atoms with van der Waals surface area (Å²) in [6.07, 6.45) is 0.952. The number of carbonyl (C=O) groups excluding carboxylic acids is 1. The van der Waals surface area contributed by atoms with Gasteiger partial charge in [-0.15, -0.1) is 11.3 Å². The summed E-state index contributed by atoms with van der Waals surface area (Å²) in [6, 6.07) is 9.51. The lowest BCUT2D eigenvalue weighted by Crippen LogP contribution is -2.04. The second-order valence-corrected chi connectivity index (χ2v) is 5.88. The second kappa shape index (κ2) is 5.29. The molecule has 4 heteroatoms. The number of hydrogen-bond acceptors (Lipinski definition) is 4. The normalized spacial score (nSPS) is 20.5. The summed E-state index contributed by atoms with van der Waals surface area (Å²) in [5, 5.41) is 2.06. The molecule has 1 aromatic carbocycles. The molecule has 0 spiro atoms. The van der Waals surface area contributed by atoms with Gasteiger partial charge in [0.25, 0.3) is 0 Å². The fourth-order valence-corrected chi connectivity index (χ4v) is 3.41. The van der Waals surface area contributed by atoms with E-state index in [1.807, 2.05) is 12.1 Å². The fourth-order valence-electron chi connectivity index (χ4n) is 2.51. The average molecular weight is 288 g/mol. The van der Waals surface area contributed by atoms with Crippen molar-refractivity contribution in [2.24, 2.45) is 5.92 Å². The molecule has 2 atom stereocenters. The number of methoxy groups -OCH3 is 2. The minimum absolute atomic E-state index is 0.117. The second-order valence-electron chi connectivity index (χ2n) is 4.90. The minimum Gasteiger partial charge on any atom is -0.493 e. The van der Waals surface area contributed by atoms with E-state index in [0.717, 1.165) is 6.42 Å². The topological polar surface area (TPSA) is 35.5 Å². The van der Waals surface area contributed by atoms with Gasteiger partial charge in [0, 0.05) is 22.3 Å². The van der Waals surface area contributed by atoms with E-state index in [1.54, 1.807) is 37.7 Å². The van der Waals surface area contributed by atoms with Crippen LogP contribution in [0.15, 0.2) is 35.7 Å². The molecule has 0 saturated heterocycles. The maximum atomic E-state index is 12.5. The Bertz CT molecular complexity index is 619. The van der Waals surface area contributed by atoms with Crippen LogP contribution in [0.2, 0.25) is 0 Å². The molecule has 3 rings (SSSR count). The van der Waals surface area contributed by atoms with Gasteiger partial charge in [0.05, 0.1) is 14.2 Å². The van der Waals surface area contributed by atoms with Gasteiger partial charge in [0.1, 0.15) is 0 Å². The lowest BCUT2D eigenvalue weighted by atomic mass is 10.0. The molecule has 1 saturated carbocycles. The predicted molar refractivity (Wildman–Crippen MR) is 79.0 cm³/mol. The highest BCUT2D eigenvalue weighted by atomic mass is 32.1. The van der Waals surface area contributed by atoms with Crippen LogP contribution in [0.25, 0.3) is 0 Å². The molecule has 2 aromatic rings. The van der Waals surface area contributed by atoms with Gasteiger partial charge in [-0.1, -0.05) is 6.07 Å². The van der Waals surface area contributed by atoms with Crippen LogP contribution in [0.5, 0.6) is 11.5 Å². The lowest BCUT2D eigenvalue weighted by Gasteiger charge is -2.08. The van der Waals surface area contributed by atoms with Crippen molar-refractivity contribution < 1.29 is 14.3 Å². The van der Waals surface area contributed by atoms with Crippen LogP contribution in [-0.4, -0.2) is 20.0 Å². The summed E-state index contributed by atoms with van der Waals surface area (Å²) in [4.78, 5) is 13.8. The number of benzene rings is 1. The van der Waals surface area contributed by atoms with Crippen molar-refractivity contribution in [1.82, 2.24) is 0 Å². The number of hydrogen-bond donors (Lipinski definition) is 0. The molecule has 1 fully saturated rings. The molecule has 0 aliphatic heterocycles.